The number of nitrogens with one attached hydrogen (secondary N) is 2. The predicted octanol–water partition coefficient (Wildman–Crippen LogP) is 2.07. The van der Waals surface area contributed by atoms with E-state index < -0.39 is 0 Å². The zero-order valence-corrected chi connectivity index (χ0v) is 16.2. The van der Waals surface area contributed by atoms with Crippen molar-refractivity contribution in [2.24, 2.45) is 0 Å². The third kappa shape index (κ3) is 4.15. The van der Waals surface area contributed by atoms with Crippen LogP contribution in [-0.2, 0) is 0 Å². The fourth-order valence-corrected chi connectivity index (χ4v) is 4.02. The molecule has 1 amide bonds. The molecule has 2 heterocycles. The zero-order valence-electron chi connectivity index (χ0n) is 16.2. The summed E-state index contributed by atoms with van der Waals surface area (Å²) in [6, 6.07) is 10.7. The Morgan fingerprint density at radius 1 is 1.27 bits per heavy atom. The molecular weight excluding hydrogens is 324 g/mol. The molecule has 1 fully saturated rings. The molecule has 0 saturated carbocycles. The van der Waals surface area contributed by atoms with Crippen molar-refractivity contribution in [3.05, 3.63) is 47.3 Å². The van der Waals surface area contributed by atoms with Crippen LogP contribution < -0.4 is 10.2 Å². The fourth-order valence-electron chi connectivity index (χ4n) is 4.02. The van der Waals surface area contributed by atoms with E-state index in [1.165, 1.54) is 25.8 Å². The molecule has 5 heteroatoms. The summed E-state index contributed by atoms with van der Waals surface area (Å²) >= 11 is 0. The molecule has 2 aromatic rings. The molecule has 0 radical (unpaired) electrons. The number of quaternary nitrogens is 1. The van der Waals surface area contributed by atoms with Gasteiger partial charge in [-0.25, -0.2) is 4.68 Å². The molecule has 1 aliphatic heterocycles. The summed E-state index contributed by atoms with van der Waals surface area (Å²) in [6.07, 6.45) is 5.06. The smallest absolute Gasteiger partial charge is 0.255 e. The van der Waals surface area contributed by atoms with Gasteiger partial charge in [-0.15, -0.1) is 0 Å². The highest BCUT2D eigenvalue weighted by Gasteiger charge is 2.22. The normalized spacial score (nSPS) is 20.1. The van der Waals surface area contributed by atoms with Gasteiger partial charge in [0.25, 0.3) is 5.91 Å². The number of likely N-dealkylation sites (tertiary alicyclic amines) is 1. The summed E-state index contributed by atoms with van der Waals surface area (Å²) in [5.41, 5.74) is 3.35. The third-order valence-electron chi connectivity index (χ3n) is 5.56. The van der Waals surface area contributed by atoms with Crippen molar-refractivity contribution in [2.45, 2.75) is 52.5 Å². The van der Waals surface area contributed by atoms with Gasteiger partial charge in [0.1, 0.15) is 0 Å². The summed E-state index contributed by atoms with van der Waals surface area (Å²) in [7, 11) is 0. The van der Waals surface area contributed by atoms with Crippen molar-refractivity contribution in [3.63, 3.8) is 0 Å². The molecule has 3 rings (SSSR count). The van der Waals surface area contributed by atoms with E-state index in [9.17, 15) is 4.79 Å². The van der Waals surface area contributed by atoms with Crippen molar-refractivity contribution >= 4 is 5.91 Å². The highest BCUT2D eigenvalue weighted by molar-refractivity contribution is 5.96. The lowest BCUT2D eigenvalue weighted by Gasteiger charge is -2.30. The van der Waals surface area contributed by atoms with Crippen LogP contribution in [0.2, 0.25) is 0 Å². The standard InChI is InChI=1S/C21H30N4O/c1-16-10-7-8-14-24(16)15-9-13-22-21(26)20-17(2)23-25(18(20)3)19-11-5-4-6-12-19/h4-6,11-12,16H,7-10,13-15H2,1-3H3,(H,22,26)/p+1/t16-/m1/s1. The monoisotopic (exact) mass is 355 g/mol. The maximum atomic E-state index is 12.7. The van der Waals surface area contributed by atoms with Gasteiger partial charge in [-0.3, -0.25) is 4.79 Å². The number of para-hydroxylation sites is 1. The maximum absolute atomic E-state index is 12.7. The van der Waals surface area contributed by atoms with Gasteiger partial charge in [-0.05, 0) is 52.2 Å². The number of carbonyl (C=O) groups excluding carboxylic acids is 1. The Morgan fingerprint density at radius 2 is 2.04 bits per heavy atom. The second-order valence-electron chi connectivity index (χ2n) is 7.46. The van der Waals surface area contributed by atoms with Crippen LogP contribution in [0, 0.1) is 13.8 Å². The van der Waals surface area contributed by atoms with Crippen LogP contribution in [0.5, 0.6) is 0 Å². The van der Waals surface area contributed by atoms with E-state index in [1.807, 2.05) is 48.9 Å². The van der Waals surface area contributed by atoms with Gasteiger partial charge in [0.15, 0.2) is 0 Å². The Labute approximate surface area is 156 Å². The number of hydrogen-bond donors (Lipinski definition) is 2. The van der Waals surface area contributed by atoms with E-state index in [-0.39, 0.29) is 5.91 Å². The molecule has 2 atom stereocenters. The lowest BCUT2D eigenvalue weighted by atomic mass is 10.0. The summed E-state index contributed by atoms with van der Waals surface area (Å²) in [4.78, 5) is 14.4. The second kappa shape index (κ2) is 8.49. The van der Waals surface area contributed by atoms with Crippen LogP contribution in [0.4, 0.5) is 0 Å². The first-order chi connectivity index (χ1) is 12.6. The second-order valence-corrected chi connectivity index (χ2v) is 7.46. The first-order valence-corrected chi connectivity index (χ1v) is 9.82. The molecule has 0 bridgehead atoms. The number of rotatable bonds is 6. The van der Waals surface area contributed by atoms with Gasteiger partial charge in [0, 0.05) is 13.0 Å². The molecule has 1 aliphatic rings. The first kappa shape index (κ1) is 18.6. The highest BCUT2D eigenvalue weighted by atomic mass is 16.1. The van der Waals surface area contributed by atoms with Gasteiger partial charge in [-0.2, -0.15) is 5.10 Å². The first-order valence-electron chi connectivity index (χ1n) is 9.82. The zero-order chi connectivity index (χ0) is 18.5. The molecular formula is C21H31N4O+. The average Bonchev–Trinajstić information content (AvgIpc) is 2.95. The SMILES string of the molecule is Cc1nn(-c2ccccc2)c(C)c1C(=O)NCCC[NH+]1CCCC[C@H]1C. The fraction of sp³-hybridized carbons (Fsp3) is 0.524. The summed E-state index contributed by atoms with van der Waals surface area (Å²) in [6.45, 7) is 9.35. The minimum atomic E-state index is -0.0103. The van der Waals surface area contributed by atoms with Crippen LogP contribution in [-0.4, -0.2) is 41.4 Å². The minimum absolute atomic E-state index is 0.0103. The molecule has 1 aromatic heterocycles. The molecule has 0 spiro atoms. The van der Waals surface area contributed by atoms with E-state index in [0.29, 0.717) is 5.56 Å². The van der Waals surface area contributed by atoms with Gasteiger partial charge in [0.2, 0.25) is 0 Å². The minimum Gasteiger partial charge on any atom is -0.352 e. The van der Waals surface area contributed by atoms with Gasteiger partial charge < -0.3 is 10.2 Å². The van der Waals surface area contributed by atoms with Crippen LogP contribution >= 0.6 is 0 Å². The van der Waals surface area contributed by atoms with E-state index in [2.05, 4.69) is 17.3 Å². The number of carbonyl (C=O) groups is 1. The molecule has 1 unspecified atom stereocenters. The Morgan fingerprint density at radius 3 is 2.77 bits per heavy atom. The van der Waals surface area contributed by atoms with Crippen molar-refractivity contribution in [2.75, 3.05) is 19.6 Å². The number of piperidine rings is 1. The number of benzene rings is 1. The largest absolute Gasteiger partial charge is 0.352 e. The quantitative estimate of drug-likeness (QED) is 0.780. The Balaban J connectivity index is 1.57. The van der Waals surface area contributed by atoms with Crippen molar-refractivity contribution < 1.29 is 9.69 Å². The van der Waals surface area contributed by atoms with Gasteiger partial charge in [-0.1, -0.05) is 18.2 Å². The molecule has 0 aliphatic carbocycles. The lowest BCUT2D eigenvalue weighted by molar-refractivity contribution is -0.928. The summed E-state index contributed by atoms with van der Waals surface area (Å²) in [5.74, 6) is -0.0103. The lowest BCUT2D eigenvalue weighted by Crippen LogP contribution is -3.16. The van der Waals surface area contributed by atoms with E-state index in [1.54, 1.807) is 4.90 Å². The predicted molar refractivity (Wildman–Crippen MR) is 104 cm³/mol. The van der Waals surface area contributed by atoms with Crippen LogP contribution in [0.25, 0.3) is 5.69 Å². The van der Waals surface area contributed by atoms with Crippen LogP contribution in [0.1, 0.15) is 54.4 Å². The molecule has 2 N–H and O–H groups in total. The van der Waals surface area contributed by atoms with Gasteiger partial charge >= 0.3 is 0 Å². The van der Waals surface area contributed by atoms with Crippen molar-refractivity contribution in [3.8, 4) is 5.69 Å². The summed E-state index contributed by atoms with van der Waals surface area (Å²) in [5, 5.41) is 7.66. The molecule has 5 nitrogen and oxygen atoms in total. The Kier molecular flexibility index (Phi) is 6.09. The number of aryl methyl sites for hydroxylation is 1. The number of aromatic nitrogens is 2. The third-order valence-corrected chi connectivity index (χ3v) is 5.56. The molecule has 26 heavy (non-hydrogen) atoms. The molecule has 1 saturated heterocycles. The van der Waals surface area contributed by atoms with Crippen LogP contribution in [0.3, 0.4) is 0 Å². The van der Waals surface area contributed by atoms with E-state index >= 15 is 0 Å². The highest BCUT2D eigenvalue weighted by Crippen LogP contribution is 2.17. The molecule has 1 aromatic carbocycles. The molecule has 140 valence electrons. The average molecular weight is 356 g/mol. The van der Waals surface area contributed by atoms with E-state index in [0.717, 1.165) is 42.6 Å². The van der Waals surface area contributed by atoms with Crippen molar-refractivity contribution in [1.82, 2.24) is 15.1 Å². The van der Waals surface area contributed by atoms with E-state index in [4.69, 9.17) is 0 Å². The maximum Gasteiger partial charge on any atom is 0.255 e. The Bertz CT molecular complexity index is 738. The van der Waals surface area contributed by atoms with Crippen LogP contribution in [0.15, 0.2) is 30.3 Å². The summed E-state index contributed by atoms with van der Waals surface area (Å²) < 4.78 is 1.85. The number of nitrogens with zero attached hydrogens (tertiary/aromatic N) is 2. The topological polar surface area (TPSA) is 51.4 Å². The number of hydrogen-bond acceptors (Lipinski definition) is 2. The van der Waals surface area contributed by atoms with Gasteiger partial charge in [0.05, 0.1) is 41.8 Å². The number of amides is 1. The van der Waals surface area contributed by atoms with Crippen molar-refractivity contribution in [1.29, 1.82) is 0 Å². The Hall–Kier alpha value is -2.14.